The number of nitrogens with one attached hydrogen (secondary N) is 1. The fourth-order valence-corrected chi connectivity index (χ4v) is 6.42. The van der Waals surface area contributed by atoms with Crippen LogP contribution in [0.25, 0.3) is 10.2 Å². The smallest absolute Gasteiger partial charge is 0.259 e. The maximum atomic E-state index is 12.9. The van der Waals surface area contributed by atoms with Gasteiger partial charge in [-0.3, -0.25) is 9.59 Å². The standard InChI is InChI=1S/C26H32N4O2S/c1-17-8-9-18(2)20(16-17)29-12-14-30(15-13-29)23(31)11-10-22-27-25(32)24-19-6-4-3-5-7-21(19)33-26(24)28-22/h8-9,16H,3-7,10-15H2,1-2H3,(H,27,28,32). The van der Waals surface area contributed by atoms with Crippen molar-refractivity contribution < 1.29 is 4.79 Å². The van der Waals surface area contributed by atoms with E-state index in [1.807, 2.05) is 4.90 Å². The van der Waals surface area contributed by atoms with Gasteiger partial charge in [-0.2, -0.15) is 0 Å². The van der Waals surface area contributed by atoms with Gasteiger partial charge in [0, 0.05) is 49.6 Å². The van der Waals surface area contributed by atoms with Crippen LogP contribution in [0.1, 0.15) is 53.1 Å². The molecule has 0 bridgehead atoms. The van der Waals surface area contributed by atoms with Crippen molar-refractivity contribution in [3.8, 4) is 0 Å². The second kappa shape index (κ2) is 9.29. The van der Waals surface area contributed by atoms with Crippen LogP contribution >= 0.6 is 11.3 Å². The summed E-state index contributed by atoms with van der Waals surface area (Å²) in [4.78, 5) is 39.9. The maximum absolute atomic E-state index is 12.9. The largest absolute Gasteiger partial charge is 0.368 e. The lowest BCUT2D eigenvalue weighted by Crippen LogP contribution is -2.49. The molecule has 2 aromatic heterocycles. The van der Waals surface area contributed by atoms with E-state index in [1.165, 1.54) is 40.1 Å². The molecule has 0 saturated carbocycles. The Morgan fingerprint density at radius 3 is 2.70 bits per heavy atom. The first kappa shape index (κ1) is 22.1. The Morgan fingerprint density at radius 2 is 1.88 bits per heavy atom. The van der Waals surface area contributed by atoms with E-state index in [1.54, 1.807) is 11.3 Å². The number of rotatable bonds is 4. The minimum absolute atomic E-state index is 0.0380. The summed E-state index contributed by atoms with van der Waals surface area (Å²) in [5, 5.41) is 0.787. The van der Waals surface area contributed by atoms with Crippen molar-refractivity contribution >= 4 is 33.1 Å². The van der Waals surface area contributed by atoms with Gasteiger partial charge >= 0.3 is 0 Å². The number of aromatic amines is 1. The topological polar surface area (TPSA) is 69.3 Å². The average Bonchev–Trinajstić information content (AvgIpc) is 3.01. The number of aromatic nitrogens is 2. The van der Waals surface area contributed by atoms with Crippen molar-refractivity contribution in [2.24, 2.45) is 0 Å². The van der Waals surface area contributed by atoms with Crippen molar-refractivity contribution in [1.82, 2.24) is 14.9 Å². The Hall–Kier alpha value is -2.67. The van der Waals surface area contributed by atoms with Gasteiger partial charge in [0.05, 0.1) is 5.39 Å². The summed E-state index contributed by atoms with van der Waals surface area (Å²) < 4.78 is 0. The molecule has 1 amide bonds. The first-order valence-electron chi connectivity index (χ1n) is 12.1. The van der Waals surface area contributed by atoms with Gasteiger partial charge in [-0.1, -0.05) is 18.6 Å². The summed E-state index contributed by atoms with van der Waals surface area (Å²) >= 11 is 1.67. The highest BCUT2D eigenvalue weighted by Crippen LogP contribution is 2.33. The summed E-state index contributed by atoms with van der Waals surface area (Å²) in [6.07, 6.45) is 6.45. The van der Waals surface area contributed by atoms with E-state index >= 15 is 0 Å². The van der Waals surface area contributed by atoms with Gasteiger partial charge in [0.2, 0.25) is 5.91 Å². The van der Waals surface area contributed by atoms with Gasteiger partial charge in [-0.05, 0) is 62.3 Å². The molecule has 1 saturated heterocycles. The number of anilines is 1. The fourth-order valence-electron chi connectivity index (χ4n) is 5.14. The molecule has 1 aliphatic carbocycles. The summed E-state index contributed by atoms with van der Waals surface area (Å²) in [5.41, 5.74) is 4.98. The molecule has 1 aliphatic heterocycles. The number of fused-ring (bicyclic) bond motifs is 3. The number of piperazine rings is 1. The predicted molar refractivity (Wildman–Crippen MR) is 135 cm³/mol. The molecule has 3 heterocycles. The monoisotopic (exact) mass is 464 g/mol. The van der Waals surface area contributed by atoms with Crippen molar-refractivity contribution in [1.29, 1.82) is 0 Å². The van der Waals surface area contributed by atoms with Crippen LogP contribution in [0.4, 0.5) is 5.69 Å². The summed E-state index contributed by atoms with van der Waals surface area (Å²) in [7, 11) is 0. The number of aryl methyl sites for hydroxylation is 5. The third kappa shape index (κ3) is 4.56. The molecule has 174 valence electrons. The molecular weight excluding hydrogens is 432 g/mol. The molecule has 1 N–H and O–H groups in total. The number of thiophene rings is 1. The molecular formula is C26H32N4O2S. The summed E-state index contributed by atoms with van der Waals surface area (Å²) in [6.45, 7) is 7.41. The summed E-state index contributed by atoms with van der Waals surface area (Å²) in [6, 6.07) is 6.54. The van der Waals surface area contributed by atoms with Crippen LogP contribution in [-0.2, 0) is 24.1 Å². The molecule has 1 fully saturated rings. The zero-order valence-electron chi connectivity index (χ0n) is 19.6. The number of nitrogens with zero attached hydrogens (tertiary/aromatic N) is 3. The molecule has 2 aliphatic rings. The van der Waals surface area contributed by atoms with Crippen molar-refractivity contribution in [2.45, 2.75) is 58.8 Å². The third-order valence-electron chi connectivity index (χ3n) is 7.04. The number of carbonyl (C=O) groups excluding carboxylic acids is 1. The maximum Gasteiger partial charge on any atom is 0.259 e. The number of benzene rings is 1. The van der Waals surface area contributed by atoms with Crippen LogP contribution in [0.15, 0.2) is 23.0 Å². The Kier molecular flexibility index (Phi) is 6.23. The second-order valence-corrected chi connectivity index (χ2v) is 10.5. The van der Waals surface area contributed by atoms with E-state index in [2.05, 4.69) is 41.9 Å². The van der Waals surface area contributed by atoms with E-state index in [9.17, 15) is 9.59 Å². The minimum Gasteiger partial charge on any atom is -0.368 e. The van der Waals surface area contributed by atoms with E-state index in [-0.39, 0.29) is 11.5 Å². The number of H-pyrrole nitrogens is 1. The third-order valence-corrected chi connectivity index (χ3v) is 8.22. The minimum atomic E-state index is -0.0380. The van der Waals surface area contributed by atoms with Crippen molar-refractivity contribution in [3.05, 3.63) is 55.9 Å². The van der Waals surface area contributed by atoms with Gasteiger partial charge in [0.15, 0.2) is 0 Å². The number of carbonyl (C=O) groups is 1. The van der Waals surface area contributed by atoms with E-state index < -0.39 is 0 Å². The van der Waals surface area contributed by atoms with Crippen LogP contribution in [-0.4, -0.2) is 47.0 Å². The quantitative estimate of drug-likeness (QED) is 0.589. The van der Waals surface area contributed by atoms with E-state index in [0.717, 1.165) is 55.7 Å². The molecule has 3 aromatic rings. The Bertz CT molecular complexity index is 1240. The van der Waals surface area contributed by atoms with Crippen LogP contribution in [0.2, 0.25) is 0 Å². The summed E-state index contributed by atoms with van der Waals surface area (Å²) in [5.74, 6) is 0.770. The lowest BCUT2D eigenvalue weighted by molar-refractivity contribution is -0.131. The van der Waals surface area contributed by atoms with Gasteiger partial charge < -0.3 is 14.8 Å². The van der Waals surface area contributed by atoms with Crippen LogP contribution < -0.4 is 10.5 Å². The van der Waals surface area contributed by atoms with Crippen LogP contribution in [0.3, 0.4) is 0 Å². The Balaban J connectivity index is 1.22. The molecule has 5 rings (SSSR count). The van der Waals surface area contributed by atoms with Gasteiger partial charge in [-0.25, -0.2) is 4.98 Å². The fraction of sp³-hybridized carbons (Fsp3) is 0.500. The van der Waals surface area contributed by atoms with Gasteiger partial charge in [0.1, 0.15) is 10.7 Å². The number of hydrogen-bond acceptors (Lipinski definition) is 5. The predicted octanol–water partition coefficient (Wildman–Crippen LogP) is 4.15. The van der Waals surface area contributed by atoms with Gasteiger partial charge in [0.25, 0.3) is 5.56 Å². The Morgan fingerprint density at radius 1 is 1.09 bits per heavy atom. The zero-order valence-corrected chi connectivity index (χ0v) is 20.4. The molecule has 0 unspecified atom stereocenters. The number of hydrogen-bond donors (Lipinski definition) is 1. The van der Waals surface area contributed by atoms with Crippen molar-refractivity contribution in [2.75, 3.05) is 31.1 Å². The molecule has 0 radical (unpaired) electrons. The molecule has 6 nitrogen and oxygen atoms in total. The lowest BCUT2D eigenvalue weighted by atomic mass is 10.1. The second-order valence-electron chi connectivity index (χ2n) is 9.42. The molecule has 0 atom stereocenters. The zero-order chi connectivity index (χ0) is 22.9. The highest BCUT2D eigenvalue weighted by molar-refractivity contribution is 7.18. The normalized spacial score (nSPS) is 16.7. The molecule has 1 aromatic carbocycles. The molecule has 33 heavy (non-hydrogen) atoms. The number of amides is 1. The molecule has 0 spiro atoms. The van der Waals surface area contributed by atoms with Crippen LogP contribution in [0.5, 0.6) is 0 Å². The Labute approximate surface area is 198 Å². The lowest BCUT2D eigenvalue weighted by Gasteiger charge is -2.37. The first-order valence-corrected chi connectivity index (χ1v) is 12.9. The van der Waals surface area contributed by atoms with Gasteiger partial charge in [-0.15, -0.1) is 11.3 Å². The highest BCUT2D eigenvalue weighted by atomic mass is 32.1. The average molecular weight is 465 g/mol. The van der Waals surface area contributed by atoms with Crippen molar-refractivity contribution in [3.63, 3.8) is 0 Å². The SMILES string of the molecule is Cc1ccc(C)c(N2CCN(C(=O)CCc3nc4sc5c(c4c(=O)[nH]3)CCCCC5)CC2)c1. The molecule has 7 heteroatoms. The van der Waals surface area contributed by atoms with E-state index in [4.69, 9.17) is 4.98 Å². The highest BCUT2D eigenvalue weighted by Gasteiger charge is 2.23. The van der Waals surface area contributed by atoms with E-state index in [0.29, 0.717) is 18.7 Å². The first-order chi connectivity index (χ1) is 16.0. The van der Waals surface area contributed by atoms with Crippen LogP contribution in [0, 0.1) is 13.8 Å².